The van der Waals surface area contributed by atoms with Crippen molar-refractivity contribution in [1.82, 2.24) is 4.98 Å². The van der Waals surface area contributed by atoms with Crippen LogP contribution in [0.3, 0.4) is 0 Å². The van der Waals surface area contributed by atoms with Crippen LogP contribution in [0.15, 0.2) is 48.5 Å². The van der Waals surface area contributed by atoms with Crippen molar-refractivity contribution in [1.29, 1.82) is 0 Å². The number of H-pyrrole nitrogens is 1. The summed E-state index contributed by atoms with van der Waals surface area (Å²) >= 11 is 0. The standard InChI is InChI=1S/C12H9N.C4H6O6/c1-3-7-11-9(5-1)10-6-2-4-8-12(10)13-11;5-1(3(7)8)2(6)4(9)10/h1-8,13H;1-2,5-6H,(H,7,8)(H,9,10)/t;1-,2-/m.1/s1. The third kappa shape index (κ3) is 3.65. The third-order valence-corrected chi connectivity index (χ3v) is 3.22. The number of aromatic amines is 1. The highest BCUT2D eigenvalue weighted by Crippen LogP contribution is 2.24. The average molecular weight is 317 g/mol. The first-order valence-electron chi connectivity index (χ1n) is 6.69. The van der Waals surface area contributed by atoms with E-state index < -0.39 is 24.1 Å². The van der Waals surface area contributed by atoms with Crippen molar-refractivity contribution in [2.75, 3.05) is 0 Å². The Balaban J connectivity index is 0.000000175. The maximum absolute atomic E-state index is 9.77. The molecular weight excluding hydrogens is 302 g/mol. The van der Waals surface area contributed by atoms with Gasteiger partial charge in [0.15, 0.2) is 12.2 Å². The lowest BCUT2D eigenvalue weighted by atomic mass is 10.2. The molecule has 2 aromatic carbocycles. The Kier molecular flexibility index (Phi) is 4.95. The first-order valence-corrected chi connectivity index (χ1v) is 6.69. The highest BCUT2D eigenvalue weighted by atomic mass is 16.4. The summed E-state index contributed by atoms with van der Waals surface area (Å²) < 4.78 is 0. The molecule has 1 heterocycles. The lowest BCUT2D eigenvalue weighted by molar-refractivity contribution is -0.165. The molecule has 0 amide bonds. The number of carbonyl (C=O) groups is 2. The molecule has 23 heavy (non-hydrogen) atoms. The molecule has 0 spiro atoms. The van der Waals surface area contributed by atoms with Crippen LogP contribution in [0.1, 0.15) is 0 Å². The van der Waals surface area contributed by atoms with Gasteiger partial charge >= 0.3 is 11.9 Å². The van der Waals surface area contributed by atoms with Gasteiger partial charge < -0.3 is 25.4 Å². The second-order valence-electron chi connectivity index (χ2n) is 4.78. The quantitative estimate of drug-likeness (QED) is 0.493. The van der Waals surface area contributed by atoms with Crippen LogP contribution in [0.25, 0.3) is 21.8 Å². The number of fused-ring (bicyclic) bond motifs is 3. The lowest BCUT2D eigenvalue weighted by Gasteiger charge is -2.07. The highest BCUT2D eigenvalue weighted by molar-refractivity contribution is 6.06. The molecule has 0 aliphatic carbocycles. The molecule has 2 atom stereocenters. The molecule has 7 nitrogen and oxygen atoms in total. The van der Waals surface area contributed by atoms with E-state index in [1.807, 2.05) is 0 Å². The Bertz CT molecular complexity index is 772. The molecule has 5 N–H and O–H groups in total. The molecule has 0 aliphatic heterocycles. The molecule has 0 fully saturated rings. The van der Waals surface area contributed by atoms with Crippen molar-refractivity contribution < 1.29 is 30.0 Å². The number of aliphatic hydroxyl groups is 2. The molecule has 0 aliphatic rings. The number of hydrogen-bond donors (Lipinski definition) is 5. The molecular formula is C16H15NO6. The molecule has 1 aromatic heterocycles. The van der Waals surface area contributed by atoms with Crippen LogP contribution in [0.5, 0.6) is 0 Å². The number of para-hydroxylation sites is 2. The second-order valence-corrected chi connectivity index (χ2v) is 4.78. The molecule has 0 bridgehead atoms. The van der Waals surface area contributed by atoms with Crippen LogP contribution < -0.4 is 0 Å². The van der Waals surface area contributed by atoms with Crippen LogP contribution in [0.2, 0.25) is 0 Å². The van der Waals surface area contributed by atoms with E-state index >= 15 is 0 Å². The maximum Gasteiger partial charge on any atom is 0.335 e. The van der Waals surface area contributed by atoms with E-state index in [0.717, 1.165) is 0 Å². The van der Waals surface area contributed by atoms with Gasteiger partial charge in [0.1, 0.15) is 0 Å². The van der Waals surface area contributed by atoms with Gasteiger partial charge in [0.05, 0.1) is 0 Å². The van der Waals surface area contributed by atoms with E-state index in [1.54, 1.807) is 0 Å². The molecule has 3 rings (SSSR count). The Morgan fingerprint density at radius 2 is 1.09 bits per heavy atom. The first-order chi connectivity index (χ1) is 10.9. The Hall–Kier alpha value is -2.90. The molecule has 0 saturated carbocycles. The second kappa shape index (κ2) is 6.91. The minimum absolute atomic E-state index is 1.21. The summed E-state index contributed by atoms with van der Waals surface area (Å²) in [6.45, 7) is 0. The highest BCUT2D eigenvalue weighted by Gasteiger charge is 2.29. The number of nitrogens with one attached hydrogen (secondary N) is 1. The van der Waals surface area contributed by atoms with Gasteiger partial charge in [-0.15, -0.1) is 0 Å². The minimum atomic E-state index is -2.27. The topological polar surface area (TPSA) is 131 Å². The van der Waals surface area contributed by atoms with Crippen molar-refractivity contribution in [3.63, 3.8) is 0 Å². The fourth-order valence-corrected chi connectivity index (χ4v) is 2.07. The maximum atomic E-state index is 9.77. The lowest BCUT2D eigenvalue weighted by Crippen LogP contribution is -2.39. The number of benzene rings is 2. The number of aliphatic hydroxyl groups excluding tert-OH is 2. The first kappa shape index (κ1) is 16.5. The van der Waals surface area contributed by atoms with Gasteiger partial charge in [-0.1, -0.05) is 36.4 Å². The monoisotopic (exact) mass is 317 g/mol. The van der Waals surface area contributed by atoms with E-state index in [-0.39, 0.29) is 0 Å². The summed E-state index contributed by atoms with van der Waals surface area (Å²) in [4.78, 5) is 22.9. The summed E-state index contributed by atoms with van der Waals surface area (Å²) in [5.74, 6) is -3.54. The van der Waals surface area contributed by atoms with Crippen molar-refractivity contribution in [3.8, 4) is 0 Å². The summed E-state index contributed by atoms with van der Waals surface area (Å²) in [6, 6.07) is 16.8. The van der Waals surface area contributed by atoms with Crippen LogP contribution in [0.4, 0.5) is 0 Å². The Labute approximate surface area is 130 Å². The van der Waals surface area contributed by atoms with E-state index in [0.29, 0.717) is 0 Å². The zero-order valence-electron chi connectivity index (χ0n) is 11.9. The van der Waals surface area contributed by atoms with Gasteiger partial charge in [0.25, 0.3) is 0 Å². The number of carboxylic acid groups (broad SMARTS) is 2. The zero-order valence-corrected chi connectivity index (χ0v) is 11.9. The van der Waals surface area contributed by atoms with Gasteiger partial charge in [-0.05, 0) is 12.1 Å². The van der Waals surface area contributed by atoms with Gasteiger partial charge in [0.2, 0.25) is 0 Å². The van der Waals surface area contributed by atoms with Crippen molar-refractivity contribution >= 4 is 33.7 Å². The van der Waals surface area contributed by atoms with E-state index in [2.05, 4.69) is 53.5 Å². The largest absolute Gasteiger partial charge is 0.479 e. The van der Waals surface area contributed by atoms with E-state index in [4.69, 9.17) is 20.4 Å². The Morgan fingerprint density at radius 3 is 1.43 bits per heavy atom. The fraction of sp³-hybridized carbons (Fsp3) is 0.125. The SMILES string of the molecule is O=C(O)[C@H](O)[C@@H](O)C(=O)O.c1ccc2c(c1)[nH]c1ccccc12. The molecule has 0 saturated heterocycles. The minimum Gasteiger partial charge on any atom is -0.479 e. The summed E-state index contributed by atoms with van der Waals surface area (Å²) in [5, 5.41) is 35.1. The fourth-order valence-electron chi connectivity index (χ4n) is 2.07. The Morgan fingerprint density at radius 1 is 0.739 bits per heavy atom. The molecule has 3 aromatic rings. The van der Waals surface area contributed by atoms with Crippen LogP contribution in [-0.4, -0.2) is 49.6 Å². The number of aliphatic carboxylic acids is 2. The van der Waals surface area contributed by atoms with Gasteiger partial charge in [-0.2, -0.15) is 0 Å². The summed E-state index contributed by atoms with van der Waals surface area (Å²) in [5.41, 5.74) is 2.42. The average Bonchev–Trinajstić information content (AvgIpc) is 2.92. The molecule has 120 valence electrons. The number of hydrogen-bond acceptors (Lipinski definition) is 4. The summed E-state index contributed by atoms with van der Waals surface area (Å²) in [7, 11) is 0. The normalized spacial score (nSPS) is 13.1. The molecule has 0 radical (unpaired) electrons. The van der Waals surface area contributed by atoms with Gasteiger partial charge in [-0.3, -0.25) is 0 Å². The van der Waals surface area contributed by atoms with E-state index in [9.17, 15) is 9.59 Å². The van der Waals surface area contributed by atoms with Crippen molar-refractivity contribution in [3.05, 3.63) is 48.5 Å². The van der Waals surface area contributed by atoms with Gasteiger partial charge in [0, 0.05) is 21.8 Å². The third-order valence-electron chi connectivity index (χ3n) is 3.22. The van der Waals surface area contributed by atoms with Crippen LogP contribution >= 0.6 is 0 Å². The predicted molar refractivity (Wildman–Crippen MR) is 83.1 cm³/mol. The number of aromatic nitrogens is 1. The summed E-state index contributed by atoms with van der Waals surface area (Å²) in [6.07, 6.45) is -4.53. The van der Waals surface area contributed by atoms with Crippen LogP contribution in [-0.2, 0) is 9.59 Å². The zero-order chi connectivity index (χ0) is 17.0. The van der Waals surface area contributed by atoms with Gasteiger partial charge in [-0.25, -0.2) is 9.59 Å². The molecule has 0 unspecified atom stereocenters. The van der Waals surface area contributed by atoms with Crippen molar-refractivity contribution in [2.45, 2.75) is 12.2 Å². The van der Waals surface area contributed by atoms with E-state index in [1.165, 1.54) is 21.8 Å². The van der Waals surface area contributed by atoms with Crippen LogP contribution in [0, 0.1) is 0 Å². The predicted octanol–water partition coefficient (Wildman–Crippen LogP) is 1.20. The van der Waals surface area contributed by atoms with Crippen molar-refractivity contribution in [2.24, 2.45) is 0 Å². The smallest absolute Gasteiger partial charge is 0.335 e. The molecule has 7 heteroatoms. The number of rotatable bonds is 3. The number of carboxylic acids is 2.